The van der Waals surface area contributed by atoms with Crippen molar-refractivity contribution < 1.29 is 4.79 Å². The van der Waals surface area contributed by atoms with Crippen molar-refractivity contribution in [3.05, 3.63) is 65.5 Å². The molecule has 1 amide bonds. The summed E-state index contributed by atoms with van der Waals surface area (Å²) >= 11 is 0. The van der Waals surface area contributed by atoms with Gasteiger partial charge in [0.15, 0.2) is 0 Å². The lowest BCUT2D eigenvalue weighted by Gasteiger charge is -2.25. The summed E-state index contributed by atoms with van der Waals surface area (Å²) in [6.45, 7) is 4.36. The highest BCUT2D eigenvalue weighted by atomic mass is 16.2. The summed E-state index contributed by atoms with van der Waals surface area (Å²) in [5.41, 5.74) is 3.64. The molecular weight excluding hydrogens is 310 g/mol. The van der Waals surface area contributed by atoms with Crippen LogP contribution in [0.2, 0.25) is 0 Å². The van der Waals surface area contributed by atoms with Gasteiger partial charge in [-0.3, -0.25) is 9.78 Å². The van der Waals surface area contributed by atoms with E-state index in [1.165, 1.54) is 11.1 Å². The van der Waals surface area contributed by atoms with Gasteiger partial charge < -0.3 is 9.80 Å². The molecule has 4 heteroatoms. The predicted octanol–water partition coefficient (Wildman–Crippen LogP) is 3.08. The fourth-order valence-corrected chi connectivity index (χ4v) is 3.27. The summed E-state index contributed by atoms with van der Waals surface area (Å²) in [6, 6.07) is 12.5. The second-order valence-electron chi connectivity index (χ2n) is 7.29. The average molecular weight is 337 g/mol. The average Bonchev–Trinajstić information content (AvgIpc) is 3.39. The lowest BCUT2D eigenvalue weighted by molar-refractivity contribution is -0.133. The third-order valence-electron chi connectivity index (χ3n) is 4.80. The number of pyridine rings is 1. The summed E-state index contributed by atoms with van der Waals surface area (Å²) in [4.78, 5) is 21.4. The van der Waals surface area contributed by atoms with Crippen molar-refractivity contribution in [1.29, 1.82) is 0 Å². The Morgan fingerprint density at radius 3 is 2.72 bits per heavy atom. The minimum atomic E-state index is 0.126. The van der Waals surface area contributed by atoms with Gasteiger partial charge in [0.1, 0.15) is 0 Å². The third kappa shape index (κ3) is 4.67. The van der Waals surface area contributed by atoms with Crippen LogP contribution in [-0.4, -0.2) is 47.9 Å². The summed E-state index contributed by atoms with van der Waals surface area (Å²) in [6.07, 6.45) is 4.58. The lowest BCUT2D eigenvalue weighted by Crippen LogP contribution is -2.37. The Morgan fingerprint density at radius 2 is 2.04 bits per heavy atom. The van der Waals surface area contributed by atoms with E-state index in [4.69, 9.17) is 0 Å². The number of aryl methyl sites for hydroxylation is 1. The molecule has 1 aliphatic carbocycles. The van der Waals surface area contributed by atoms with E-state index in [1.54, 1.807) is 6.20 Å². The Kier molecular flexibility index (Phi) is 5.49. The molecule has 0 aliphatic heterocycles. The zero-order valence-electron chi connectivity index (χ0n) is 15.4. The molecule has 2 atom stereocenters. The second kappa shape index (κ2) is 7.79. The van der Waals surface area contributed by atoms with Gasteiger partial charge in [0.05, 0.1) is 0 Å². The SMILES string of the molecule is Cc1cccc([C@@H]2C[C@H]2C(=O)N(CCN(C)C)Cc2cccnc2)c1. The number of rotatable bonds is 7. The van der Waals surface area contributed by atoms with Crippen molar-refractivity contribution >= 4 is 5.91 Å². The molecule has 0 unspecified atom stereocenters. The van der Waals surface area contributed by atoms with Gasteiger partial charge in [-0.05, 0) is 50.6 Å². The van der Waals surface area contributed by atoms with E-state index < -0.39 is 0 Å². The molecule has 4 nitrogen and oxygen atoms in total. The number of amides is 1. The van der Waals surface area contributed by atoms with Crippen LogP contribution in [0.4, 0.5) is 0 Å². The molecule has 0 saturated heterocycles. The summed E-state index contributed by atoms with van der Waals surface area (Å²) < 4.78 is 0. The fraction of sp³-hybridized carbons (Fsp3) is 0.429. The molecule has 25 heavy (non-hydrogen) atoms. The monoisotopic (exact) mass is 337 g/mol. The van der Waals surface area contributed by atoms with Crippen molar-refractivity contribution in [3.8, 4) is 0 Å². The molecule has 1 saturated carbocycles. The predicted molar refractivity (Wildman–Crippen MR) is 100 cm³/mol. The van der Waals surface area contributed by atoms with Crippen LogP contribution >= 0.6 is 0 Å². The van der Waals surface area contributed by atoms with Crippen molar-refractivity contribution in [2.24, 2.45) is 5.92 Å². The first-order valence-corrected chi connectivity index (χ1v) is 8.93. The van der Waals surface area contributed by atoms with Crippen molar-refractivity contribution in [1.82, 2.24) is 14.8 Å². The first-order valence-electron chi connectivity index (χ1n) is 8.93. The van der Waals surface area contributed by atoms with Crippen molar-refractivity contribution in [3.63, 3.8) is 0 Å². The van der Waals surface area contributed by atoms with E-state index in [-0.39, 0.29) is 11.8 Å². The van der Waals surface area contributed by atoms with Gasteiger partial charge in [-0.15, -0.1) is 0 Å². The van der Waals surface area contributed by atoms with Gasteiger partial charge in [-0.2, -0.15) is 0 Å². The van der Waals surface area contributed by atoms with Crippen LogP contribution in [-0.2, 0) is 11.3 Å². The Labute approximate surface area is 150 Å². The summed E-state index contributed by atoms with van der Waals surface area (Å²) in [7, 11) is 4.08. The molecule has 0 radical (unpaired) electrons. The van der Waals surface area contributed by atoms with E-state index in [0.717, 1.165) is 25.1 Å². The molecule has 1 aliphatic rings. The summed E-state index contributed by atoms with van der Waals surface area (Å²) in [5.74, 6) is 0.779. The minimum Gasteiger partial charge on any atom is -0.337 e. The number of nitrogens with zero attached hydrogens (tertiary/aromatic N) is 3. The number of aromatic nitrogens is 1. The maximum atomic E-state index is 13.1. The largest absolute Gasteiger partial charge is 0.337 e. The third-order valence-corrected chi connectivity index (χ3v) is 4.80. The van der Waals surface area contributed by atoms with Crippen LogP contribution in [0.3, 0.4) is 0 Å². The molecule has 2 aromatic rings. The quantitative estimate of drug-likeness (QED) is 0.779. The van der Waals surface area contributed by atoms with Gasteiger partial charge in [0.2, 0.25) is 5.91 Å². The van der Waals surface area contributed by atoms with Crippen LogP contribution in [0, 0.1) is 12.8 Å². The Morgan fingerprint density at radius 1 is 1.20 bits per heavy atom. The summed E-state index contributed by atoms with van der Waals surface area (Å²) in [5, 5.41) is 0. The first-order chi connectivity index (χ1) is 12.0. The standard InChI is InChI=1S/C21H27N3O/c1-16-6-4-8-18(12-16)19-13-20(19)21(25)24(11-10-23(2)3)15-17-7-5-9-22-14-17/h4-9,12,14,19-20H,10-11,13,15H2,1-3H3/t19-,20+/m0/s1. The molecule has 132 valence electrons. The topological polar surface area (TPSA) is 36.4 Å². The smallest absolute Gasteiger partial charge is 0.226 e. The zero-order valence-corrected chi connectivity index (χ0v) is 15.4. The molecule has 1 aromatic carbocycles. The van der Waals surface area contributed by atoms with Gasteiger partial charge >= 0.3 is 0 Å². The highest BCUT2D eigenvalue weighted by Crippen LogP contribution is 2.48. The van der Waals surface area contributed by atoms with E-state index in [9.17, 15) is 4.79 Å². The number of hydrogen-bond acceptors (Lipinski definition) is 3. The molecule has 0 N–H and O–H groups in total. The number of carbonyl (C=O) groups is 1. The molecule has 3 rings (SSSR count). The van der Waals surface area contributed by atoms with Crippen molar-refractivity contribution in [2.45, 2.75) is 25.8 Å². The second-order valence-corrected chi connectivity index (χ2v) is 7.29. The number of likely N-dealkylation sites (N-methyl/N-ethyl adjacent to an activating group) is 1. The number of hydrogen-bond donors (Lipinski definition) is 0. The van der Waals surface area contributed by atoms with Crippen LogP contribution in [0.5, 0.6) is 0 Å². The normalized spacial score (nSPS) is 19.0. The maximum absolute atomic E-state index is 13.1. The minimum absolute atomic E-state index is 0.126. The highest BCUT2D eigenvalue weighted by molar-refractivity contribution is 5.83. The number of benzene rings is 1. The molecule has 0 spiro atoms. The molecule has 1 fully saturated rings. The van der Waals surface area contributed by atoms with Gasteiger partial charge in [0.25, 0.3) is 0 Å². The van der Waals surface area contributed by atoms with E-state index in [0.29, 0.717) is 12.5 Å². The maximum Gasteiger partial charge on any atom is 0.226 e. The van der Waals surface area contributed by atoms with Crippen LogP contribution < -0.4 is 0 Å². The first kappa shape index (κ1) is 17.6. The molecule has 0 bridgehead atoms. The Bertz CT molecular complexity index is 714. The molecule has 1 heterocycles. The van der Waals surface area contributed by atoms with Crippen molar-refractivity contribution in [2.75, 3.05) is 27.2 Å². The van der Waals surface area contributed by atoms with Crippen LogP contribution in [0.15, 0.2) is 48.8 Å². The van der Waals surface area contributed by atoms with Gasteiger partial charge in [-0.25, -0.2) is 0 Å². The van der Waals surface area contributed by atoms with E-state index in [2.05, 4.69) is 41.1 Å². The molecular formula is C21H27N3O. The van der Waals surface area contributed by atoms with E-state index in [1.807, 2.05) is 37.3 Å². The lowest BCUT2D eigenvalue weighted by atomic mass is 10.1. The van der Waals surface area contributed by atoms with Gasteiger partial charge in [0, 0.05) is 37.9 Å². The molecule has 1 aromatic heterocycles. The Balaban J connectivity index is 1.69. The van der Waals surface area contributed by atoms with Gasteiger partial charge in [-0.1, -0.05) is 35.9 Å². The van der Waals surface area contributed by atoms with E-state index >= 15 is 0 Å². The van der Waals surface area contributed by atoms with Crippen LogP contribution in [0.1, 0.15) is 29.0 Å². The Hall–Kier alpha value is -2.20. The zero-order chi connectivity index (χ0) is 17.8. The highest BCUT2D eigenvalue weighted by Gasteiger charge is 2.45. The van der Waals surface area contributed by atoms with Crippen LogP contribution in [0.25, 0.3) is 0 Å². The number of carbonyl (C=O) groups excluding carboxylic acids is 1. The fourth-order valence-electron chi connectivity index (χ4n) is 3.27.